The van der Waals surface area contributed by atoms with Crippen molar-refractivity contribution in [2.75, 3.05) is 18.6 Å². The van der Waals surface area contributed by atoms with Gasteiger partial charge in [0.15, 0.2) is 0 Å². The summed E-state index contributed by atoms with van der Waals surface area (Å²) < 4.78 is 0. The van der Waals surface area contributed by atoms with E-state index in [9.17, 15) is 4.79 Å². The van der Waals surface area contributed by atoms with Gasteiger partial charge in [-0.25, -0.2) is 4.98 Å². The Bertz CT molecular complexity index is 452. The molecular weight excluding hydrogens is 304 g/mol. The molecule has 0 radical (unpaired) electrons. The van der Waals surface area contributed by atoms with Gasteiger partial charge in [0.25, 0.3) is 5.91 Å². The average Bonchev–Trinajstić information content (AvgIpc) is 2.45. The van der Waals surface area contributed by atoms with Crippen LogP contribution < -0.4 is 5.32 Å². The normalized spacial score (nSPS) is 10.9. The zero-order chi connectivity index (χ0) is 15.7. The number of hydrogen-bond acceptors (Lipinski definition) is 3. The van der Waals surface area contributed by atoms with Crippen molar-refractivity contribution in [2.24, 2.45) is 0 Å². The predicted molar refractivity (Wildman–Crippen MR) is 92.5 cm³/mol. The van der Waals surface area contributed by atoms with Crippen LogP contribution in [0.5, 0.6) is 0 Å². The number of aromatic nitrogens is 1. The van der Waals surface area contributed by atoms with E-state index in [1.165, 1.54) is 18.6 Å². The summed E-state index contributed by atoms with van der Waals surface area (Å²) in [6.45, 7) is 4.79. The molecule has 0 atom stereocenters. The third kappa shape index (κ3) is 7.18. The van der Waals surface area contributed by atoms with Crippen LogP contribution in [-0.4, -0.2) is 29.4 Å². The third-order valence-electron chi connectivity index (χ3n) is 3.23. The SMILES string of the molecule is CSCCCCCCNC(=O)c1cc(Cl)nc(C(C)C)c1. The van der Waals surface area contributed by atoms with Crippen molar-refractivity contribution in [3.63, 3.8) is 0 Å². The molecular formula is C16H25ClN2OS. The number of thioether (sulfide) groups is 1. The number of amides is 1. The van der Waals surface area contributed by atoms with Crippen LogP contribution in [0.4, 0.5) is 0 Å². The molecule has 0 unspecified atom stereocenters. The Labute approximate surface area is 137 Å². The van der Waals surface area contributed by atoms with E-state index in [4.69, 9.17) is 11.6 Å². The van der Waals surface area contributed by atoms with Gasteiger partial charge in [-0.2, -0.15) is 11.8 Å². The standard InChI is InChI=1S/C16H25ClN2OS/c1-12(2)14-10-13(11-15(17)19-14)16(20)18-8-6-4-5-7-9-21-3/h10-12H,4-9H2,1-3H3,(H,18,20). The molecule has 0 aliphatic carbocycles. The number of pyridine rings is 1. The molecule has 1 N–H and O–H groups in total. The Morgan fingerprint density at radius 1 is 1.29 bits per heavy atom. The molecule has 21 heavy (non-hydrogen) atoms. The minimum Gasteiger partial charge on any atom is -0.352 e. The van der Waals surface area contributed by atoms with Gasteiger partial charge in [0.1, 0.15) is 5.15 Å². The fourth-order valence-electron chi connectivity index (χ4n) is 1.97. The quantitative estimate of drug-likeness (QED) is 0.535. The highest BCUT2D eigenvalue weighted by atomic mass is 35.5. The van der Waals surface area contributed by atoms with Gasteiger partial charge >= 0.3 is 0 Å². The summed E-state index contributed by atoms with van der Waals surface area (Å²) in [5.41, 5.74) is 1.45. The number of halogens is 1. The Balaban J connectivity index is 2.38. The Kier molecular flexibility index (Phi) is 8.77. The second-order valence-electron chi connectivity index (χ2n) is 5.42. The number of carbonyl (C=O) groups excluding carboxylic acids is 1. The molecule has 118 valence electrons. The van der Waals surface area contributed by atoms with Crippen LogP contribution in [0.15, 0.2) is 12.1 Å². The second-order valence-corrected chi connectivity index (χ2v) is 6.79. The van der Waals surface area contributed by atoms with Gasteiger partial charge < -0.3 is 5.32 Å². The van der Waals surface area contributed by atoms with Crippen molar-refractivity contribution in [1.82, 2.24) is 10.3 Å². The summed E-state index contributed by atoms with van der Waals surface area (Å²) in [5.74, 6) is 1.41. The molecule has 3 nitrogen and oxygen atoms in total. The predicted octanol–water partition coefficient (Wildman–Crippen LogP) is 4.51. The molecule has 0 spiro atoms. The van der Waals surface area contributed by atoms with Crippen LogP contribution in [0.3, 0.4) is 0 Å². The first-order valence-corrected chi connectivity index (χ1v) is 9.26. The van der Waals surface area contributed by atoms with Gasteiger partial charge in [-0.1, -0.05) is 38.3 Å². The van der Waals surface area contributed by atoms with Gasteiger partial charge in [-0.3, -0.25) is 4.79 Å². The van der Waals surface area contributed by atoms with E-state index in [1.54, 1.807) is 6.07 Å². The van der Waals surface area contributed by atoms with E-state index < -0.39 is 0 Å². The molecule has 0 bridgehead atoms. The van der Waals surface area contributed by atoms with Crippen LogP contribution >= 0.6 is 23.4 Å². The summed E-state index contributed by atoms with van der Waals surface area (Å²) in [6, 6.07) is 3.45. The number of unbranched alkanes of at least 4 members (excludes halogenated alkanes) is 3. The Morgan fingerprint density at radius 3 is 2.67 bits per heavy atom. The number of carbonyl (C=O) groups is 1. The largest absolute Gasteiger partial charge is 0.352 e. The maximum absolute atomic E-state index is 12.1. The molecule has 1 rings (SSSR count). The Hall–Kier alpha value is -0.740. The molecule has 0 aromatic carbocycles. The molecule has 0 saturated carbocycles. The van der Waals surface area contributed by atoms with Gasteiger partial charge in [-0.05, 0) is 42.9 Å². The summed E-state index contributed by atoms with van der Waals surface area (Å²) >= 11 is 7.86. The first-order chi connectivity index (χ1) is 10.0. The van der Waals surface area contributed by atoms with Gasteiger partial charge in [0.05, 0.1) is 0 Å². The zero-order valence-corrected chi connectivity index (χ0v) is 14.7. The number of nitrogens with zero attached hydrogens (tertiary/aromatic N) is 1. The maximum Gasteiger partial charge on any atom is 0.251 e. The molecule has 5 heteroatoms. The lowest BCUT2D eigenvalue weighted by Crippen LogP contribution is -2.24. The zero-order valence-electron chi connectivity index (χ0n) is 13.1. The minimum absolute atomic E-state index is 0.0645. The first-order valence-electron chi connectivity index (χ1n) is 7.49. The van der Waals surface area contributed by atoms with E-state index in [1.807, 2.05) is 31.7 Å². The van der Waals surface area contributed by atoms with Crippen LogP contribution in [0, 0.1) is 0 Å². The van der Waals surface area contributed by atoms with Crippen molar-refractivity contribution in [1.29, 1.82) is 0 Å². The molecule has 0 aliphatic rings. The van der Waals surface area contributed by atoms with E-state index in [0.29, 0.717) is 10.7 Å². The minimum atomic E-state index is -0.0645. The molecule has 1 heterocycles. The fourth-order valence-corrected chi connectivity index (χ4v) is 2.68. The summed E-state index contributed by atoms with van der Waals surface area (Å²) in [4.78, 5) is 16.3. The summed E-state index contributed by atoms with van der Waals surface area (Å²) in [5, 5.41) is 3.33. The summed E-state index contributed by atoms with van der Waals surface area (Å²) in [7, 11) is 0. The van der Waals surface area contributed by atoms with Gasteiger partial charge in [-0.15, -0.1) is 0 Å². The second kappa shape index (κ2) is 10.1. The van der Waals surface area contributed by atoms with Gasteiger partial charge in [0.2, 0.25) is 0 Å². The van der Waals surface area contributed by atoms with Crippen molar-refractivity contribution in [2.45, 2.75) is 45.4 Å². The van der Waals surface area contributed by atoms with Crippen LogP contribution in [-0.2, 0) is 0 Å². The highest BCUT2D eigenvalue weighted by Crippen LogP contribution is 2.17. The molecule has 1 amide bonds. The Morgan fingerprint density at radius 2 is 2.00 bits per heavy atom. The average molecular weight is 329 g/mol. The lowest BCUT2D eigenvalue weighted by molar-refractivity contribution is 0.0952. The molecule has 0 fully saturated rings. The molecule has 0 aliphatic heterocycles. The first kappa shape index (κ1) is 18.3. The van der Waals surface area contributed by atoms with E-state index in [-0.39, 0.29) is 11.8 Å². The topological polar surface area (TPSA) is 42.0 Å². The highest BCUT2D eigenvalue weighted by Gasteiger charge is 2.10. The third-order valence-corrected chi connectivity index (χ3v) is 4.12. The smallest absolute Gasteiger partial charge is 0.251 e. The van der Waals surface area contributed by atoms with Crippen molar-refractivity contribution in [3.05, 3.63) is 28.5 Å². The highest BCUT2D eigenvalue weighted by molar-refractivity contribution is 7.98. The number of rotatable bonds is 9. The summed E-state index contributed by atoms with van der Waals surface area (Å²) in [6.07, 6.45) is 6.80. The van der Waals surface area contributed by atoms with E-state index in [2.05, 4.69) is 16.6 Å². The lowest BCUT2D eigenvalue weighted by atomic mass is 10.1. The lowest BCUT2D eigenvalue weighted by Gasteiger charge is -2.09. The fraction of sp³-hybridized carbons (Fsp3) is 0.625. The monoisotopic (exact) mass is 328 g/mol. The van der Waals surface area contributed by atoms with Crippen molar-refractivity contribution in [3.8, 4) is 0 Å². The van der Waals surface area contributed by atoms with Crippen LogP contribution in [0.1, 0.15) is 61.5 Å². The van der Waals surface area contributed by atoms with Crippen LogP contribution in [0.25, 0.3) is 0 Å². The van der Waals surface area contributed by atoms with E-state index >= 15 is 0 Å². The molecule has 1 aromatic heterocycles. The van der Waals surface area contributed by atoms with Crippen LogP contribution in [0.2, 0.25) is 5.15 Å². The number of hydrogen-bond donors (Lipinski definition) is 1. The van der Waals surface area contributed by atoms with Gasteiger partial charge in [0, 0.05) is 17.8 Å². The maximum atomic E-state index is 12.1. The van der Waals surface area contributed by atoms with Crippen molar-refractivity contribution >= 4 is 29.3 Å². The van der Waals surface area contributed by atoms with Crippen molar-refractivity contribution < 1.29 is 4.79 Å². The molecule has 0 saturated heterocycles. The molecule has 1 aromatic rings. The van der Waals surface area contributed by atoms with E-state index in [0.717, 1.165) is 25.1 Å². The number of nitrogens with one attached hydrogen (secondary N) is 1.